The number of fused-ring (bicyclic) bond motifs is 1. The Morgan fingerprint density at radius 2 is 1.96 bits per heavy atom. The number of hydrogen-bond donors (Lipinski definition) is 2. The molecule has 0 spiro atoms. The number of likely N-dealkylation sites (tertiary alicyclic amines) is 1. The molecule has 2 aliphatic rings. The summed E-state index contributed by atoms with van der Waals surface area (Å²) in [5.74, 6) is 0.405. The van der Waals surface area contributed by atoms with Crippen molar-refractivity contribution in [1.82, 2.24) is 14.9 Å². The van der Waals surface area contributed by atoms with Crippen LogP contribution in [0.4, 0.5) is 5.82 Å². The van der Waals surface area contributed by atoms with Crippen LogP contribution in [0, 0.1) is 11.3 Å². The Kier molecular flexibility index (Phi) is 5.79. The SMILES string of the molecule is N#Cc1ccc2ncnc(N)c2c1.O[C@H]1CCN(C2CCCCC2)C1. The van der Waals surface area contributed by atoms with Gasteiger partial charge in [-0.1, -0.05) is 19.3 Å². The van der Waals surface area contributed by atoms with Gasteiger partial charge in [0.15, 0.2) is 0 Å². The summed E-state index contributed by atoms with van der Waals surface area (Å²) < 4.78 is 0. The molecule has 2 aromatic rings. The molecule has 3 N–H and O–H groups in total. The summed E-state index contributed by atoms with van der Waals surface area (Å²) in [6.45, 7) is 2.07. The van der Waals surface area contributed by atoms with Crippen molar-refractivity contribution >= 4 is 16.7 Å². The second kappa shape index (κ2) is 8.24. The zero-order chi connectivity index (χ0) is 17.6. The fourth-order valence-corrected chi connectivity index (χ4v) is 3.69. The first-order valence-corrected chi connectivity index (χ1v) is 9.00. The van der Waals surface area contributed by atoms with Gasteiger partial charge >= 0.3 is 0 Å². The zero-order valence-corrected chi connectivity index (χ0v) is 14.4. The predicted octanol–water partition coefficient (Wildman–Crippen LogP) is 2.47. The molecular weight excluding hydrogens is 314 g/mol. The van der Waals surface area contributed by atoms with Gasteiger partial charge in [-0.3, -0.25) is 4.90 Å². The van der Waals surface area contributed by atoms with E-state index in [0.717, 1.165) is 36.5 Å². The summed E-state index contributed by atoms with van der Waals surface area (Å²) in [6, 6.07) is 7.98. The van der Waals surface area contributed by atoms with E-state index in [1.54, 1.807) is 18.2 Å². The van der Waals surface area contributed by atoms with Gasteiger partial charge in [-0.25, -0.2) is 9.97 Å². The van der Waals surface area contributed by atoms with Gasteiger partial charge in [0.2, 0.25) is 0 Å². The molecule has 6 nitrogen and oxygen atoms in total. The van der Waals surface area contributed by atoms with Gasteiger partial charge in [0.05, 0.1) is 23.3 Å². The molecule has 2 fully saturated rings. The van der Waals surface area contributed by atoms with Crippen LogP contribution in [-0.2, 0) is 0 Å². The number of benzene rings is 1. The minimum atomic E-state index is -0.0353. The van der Waals surface area contributed by atoms with Crippen LogP contribution in [0.2, 0.25) is 0 Å². The highest BCUT2D eigenvalue weighted by atomic mass is 16.3. The summed E-state index contributed by atoms with van der Waals surface area (Å²) in [5.41, 5.74) is 6.94. The van der Waals surface area contributed by atoms with Crippen LogP contribution in [-0.4, -0.2) is 45.2 Å². The van der Waals surface area contributed by atoms with Crippen molar-refractivity contribution in [3.63, 3.8) is 0 Å². The lowest BCUT2D eigenvalue weighted by Crippen LogP contribution is -2.35. The van der Waals surface area contributed by atoms with Crippen molar-refractivity contribution in [1.29, 1.82) is 5.26 Å². The summed E-state index contributed by atoms with van der Waals surface area (Å²) in [5, 5.41) is 18.8. The molecule has 0 unspecified atom stereocenters. The Labute approximate surface area is 148 Å². The van der Waals surface area contributed by atoms with E-state index in [-0.39, 0.29) is 6.10 Å². The molecule has 132 valence electrons. The predicted molar refractivity (Wildman–Crippen MR) is 97.7 cm³/mol. The second-order valence-electron chi connectivity index (χ2n) is 6.83. The smallest absolute Gasteiger partial charge is 0.134 e. The van der Waals surface area contributed by atoms with Crippen LogP contribution in [0.5, 0.6) is 0 Å². The number of nitrogens with two attached hydrogens (primary N) is 1. The molecule has 1 atom stereocenters. The van der Waals surface area contributed by atoms with E-state index in [4.69, 9.17) is 11.0 Å². The van der Waals surface area contributed by atoms with E-state index < -0.39 is 0 Å². The summed E-state index contributed by atoms with van der Waals surface area (Å²) in [4.78, 5) is 10.3. The van der Waals surface area contributed by atoms with E-state index in [1.807, 2.05) is 6.07 Å². The van der Waals surface area contributed by atoms with Gasteiger partial charge in [0.1, 0.15) is 12.1 Å². The highest BCUT2D eigenvalue weighted by Crippen LogP contribution is 2.25. The van der Waals surface area contributed by atoms with Crippen molar-refractivity contribution in [3.05, 3.63) is 30.1 Å². The quantitative estimate of drug-likeness (QED) is 0.828. The number of nitriles is 1. The maximum Gasteiger partial charge on any atom is 0.134 e. The highest BCUT2D eigenvalue weighted by Gasteiger charge is 2.27. The fourth-order valence-electron chi connectivity index (χ4n) is 3.69. The number of aliphatic hydroxyl groups is 1. The Morgan fingerprint density at radius 3 is 2.64 bits per heavy atom. The standard InChI is InChI=1S/C10H19NO.C9H6N4/c12-10-6-7-11(8-10)9-4-2-1-3-5-9;10-4-6-1-2-8-7(3-6)9(11)13-5-12-8/h9-10,12H,1-8H2;1-3,5H,(H2,11,12,13)/t10-;/m0./s1. The molecule has 1 saturated carbocycles. The number of aromatic nitrogens is 2. The molecule has 0 amide bonds. The van der Waals surface area contributed by atoms with Gasteiger partial charge in [-0.2, -0.15) is 5.26 Å². The molecule has 1 saturated heterocycles. The average molecular weight is 339 g/mol. The minimum Gasteiger partial charge on any atom is -0.392 e. The zero-order valence-electron chi connectivity index (χ0n) is 14.4. The lowest BCUT2D eigenvalue weighted by atomic mass is 9.94. The highest BCUT2D eigenvalue weighted by molar-refractivity contribution is 5.88. The molecule has 1 aliphatic heterocycles. The Balaban J connectivity index is 0.000000146. The lowest BCUT2D eigenvalue weighted by molar-refractivity contribution is 0.142. The lowest BCUT2D eigenvalue weighted by Gasteiger charge is -2.30. The summed E-state index contributed by atoms with van der Waals surface area (Å²) in [6.07, 6.45) is 9.33. The van der Waals surface area contributed by atoms with Crippen LogP contribution in [0.15, 0.2) is 24.5 Å². The van der Waals surface area contributed by atoms with E-state index in [2.05, 4.69) is 14.9 Å². The normalized spacial score (nSPS) is 21.5. The third kappa shape index (κ3) is 4.44. The maximum atomic E-state index is 9.39. The maximum absolute atomic E-state index is 9.39. The van der Waals surface area contributed by atoms with Crippen molar-refractivity contribution in [2.45, 2.75) is 50.7 Å². The van der Waals surface area contributed by atoms with Crippen LogP contribution in [0.1, 0.15) is 44.1 Å². The fraction of sp³-hybridized carbons (Fsp3) is 0.526. The molecule has 0 radical (unpaired) electrons. The van der Waals surface area contributed by atoms with E-state index >= 15 is 0 Å². The minimum absolute atomic E-state index is 0.0353. The first kappa shape index (κ1) is 17.6. The number of anilines is 1. The Hall–Kier alpha value is -2.23. The number of β-amino-alcohol motifs (C(OH)–C–C–N with tert-alkyl or cyclic N) is 1. The summed E-state index contributed by atoms with van der Waals surface area (Å²) >= 11 is 0. The third-order valence-electron chi connectivity index (χ3n) is 5.08. The van der Waals surface area contributed by atoms with Crippen LogP contribution in [0.3, 0.4) is 0 Å². The molecular formula is C19H25N5O. The van der Waals surface area contributed by atoms with Crippen molar-refractivity contribution in [2.24, 2.45) is 0 Å². The van der Waals surface area contributed by atoms with Gasteiger partial charge in [-0.05, 0) is 37.5 Å². The topological polar surface area (TPSA) is 99.1 Å². The molecule has 1 aliphatic carbocycles. The summed E-state index contributed by atoms with van der Waals surface area (Å²) in [7, 11) is 0. The van der Waals surface area contributed by atoms with E-state index in [0.29, 0.717) is 11.4 Å². The van der Waals surface area contributed by atoms with Crippen molar-refractivity contribution < 1.29 is 5.11 Å². The van der Waals surface area contributed by atoms with Gasteiger partial charge in [-0.15, -0.1) is 0 Å². The van der Waals surface area contributed by atoms with Gasteiger partial charge in [0, 0.05) is 24.5 Å². The average Bonchev–Trinajstić information content (AvgIpc) is 3.10. The number of nitrogen functional groups attached to an aromatic ring is 1. The van der Waals surface area contributed by atoms with Crippen molar-refractivity contribution in [2.75, 3.05) is 18.8 Å². The first-order chi connectivity index (χ1) is 12.2. The molecule has 1 aromatic carbocycles. The third-order valence-corrected chi connectivity index (χ3v) is 5.08. The first-order valence-electron chi connectivity index (χ1n) is 9.00. The monoisotopic (exact) mass is 339 g/mol. The molecule has 1 aromatic heterocycles. The molecule has 4 rings (SSSR count). The second-order valence-corrected chi connectivity index (χ2v) is 6.83. The largest absolute Gasteiger partial charge is 0.392 e. The molecule has 25 heavy (non-hydrogen) atoms. The molecule has 0 bridgehead atoms. The molecule has 6 heteroatoms. The van der Waals surface area contributed by atoms with Gasteiger partial charge in [0.25, 0.3) is 0 Å². The van der Waals surface area contributed by atoms with Crippen LogP contribution >= 0.6 is 0 Å². The van der Waals surface area contributed by atoms with E-state index in [9.17, 15) is 5.11 Å². The van der Waals surface area contributed by atoms with E-state index in [1.165, 1.54) is 38.4 Å². The number of rotatable bonds is 1. The van der Waals surface area contributed by atoms with Crippen LogP contribution < -0.4 is 5.73 Å². The number of hydrogen-bond acceptors (Lipinski definition) is 6. The van der Waals surface area contributed by atoms with Crippen LogP contribution in [0.25, 0.3) is 10.9 Å². The molecule has 2 heterocycles. The van der Waals surface area contributed by atoms with Crippen molar-refractivity contribution in [3.8, 4) is 6.07 Å². The van der Waals surface area contributed by atoms with Gasteiger partial charge < -0.3 is 10.8 Å². The Morgan fingerprint density at radius 1 is 1.16 bits per heavy atom. The number of aliphatic hydroxyl groups excluding tert-OH is 1. The number of nitrogens with zero attached hydrogens (tertiary/aromatic N) is 4. The Bertz CT molecular complexity index is 748.